The van der Waals surface area contributed by atoms with Gasteiger partial charge in [0.25, 0.3) is 0 Å². The summed E-state index contributed by atoms with van der Waals surface area (Å²) in [7, 11) is 0. The third kappa shape index (κ3) is 2.62. The predicted octanol–water partition coefficient (Wildman–Crippen LogP) is 6.46. The first-order valence-electron chi connectivity index (χ1n) is 5.56. The molecule has 2 aromatic rings. The molecule has 0 bridgehead atoms. The molecule has 0 nitrogen and oxygen atoms in total. The van der Waals surface area contributed by atoms with Crippen LogP contribution in [0.2, 0.25) is 10.0 Å². The fourth-order valence-electron chi connectivity index (χ4n) is 1.76. The molecule has 1 atom stereocenters. The lowest BCUT2D eigenvalue weighted by molar-refractivity contribution is 1.19. The summed E-state index contributed by atoms with van der Waals surface area (Å²) in [6.45, 7) is 6.18. The summed E-state index contributed by atoms with van der Waals surface area (Å²) < 4.78 is 0. The Kier molecular flexibility index (Phi) is 4.43. The minimum Gasteiger partial charge on any atom is -0.145 e. The second-order valence-corrected chi connectivity index (χ2v) is 7.03. The summed E-state index contributed by atoms with van der Waals surface area (Å²) in [5, 5.41) is 3.68. The van der Waals surface area contributed by atoms with Crippen molar-refractivity contribution in [3.63, 3.8) is 0 Å². The Morgan fingerprint density at radius 3 is 2.22 bits per heavy atom. The molecule has 1 unspecified atom stereocenters. The van der Waals surface area contributed by atoms with Crippen molar-refractivity contribution in [2.75, 3.05) is 0 Å². The first-order valence-corrected chi connectivity index (χ1v) is 8.11. The molecule has 0 saturated heterocycles. The van der Waals surface area contributed by atoms with Gasteiger partial charge in [-0.15, -0.1) is 11.3 Å². The summed E-state index contributed by atoms with van der Waals surface area (Å²) in [5.74, 6) is 0. The number of hydrogen-bond acceptors (Lipinski definition) is 1. The molecule has 1 aromatic heterocycles. The highest BCUT2D eigenvalue weighted by Crippen LogP contribution is 2.43. The van der Waals surface area contributed by atoms with Gasteiger partial charge in [-0.25, -0.2) is 0 Å². The summed E-state index contributed by atoms with van der Waals surface area (Å²) in [5.41, 5.74) is 4.63. The van der Waals surface area contributed by atoms with Crippen LogP contribution in [0.15, 0.2) is 17.5 Å². The van der Waals surface area contributed by atoms with Crippen LogP contribution in [0.1, 0.15) is 32.0 Å². The molecule has 0 aliphatic carbocycles. The molecular formula is C14H13BrCl2S. The molecule has 0 saturated carbocycles. The van der Waals surface area contributed by atoms with Gasteiger partial charge in [0.05, 0.1) is 9.85 Å². The number of alkyl halides is 1. The van der Waals surface area contributed by atoms with E-state index in [4.69, 9.17) is 23.2 Å². The Hall–Kier alpha value is -0.0200. The number of aryl methyl sites for hydroxylation is 3. The number of thiophene rings is 1. The second-order valence-electron chi connectivity index (χ2n) is 4.42. The van der Waals surface area contributed by atoms with Gasteiger partial charge >= 0.3 is 0 Å². The second kappa shape index (κ2) is 5.54. The first kappa shape index (κ1) is 14.4. The van der Waals surface area contributed by atoms with Crippen molar-refractivity contribution in [3.05, 3.63) is 54.7 Å². The molecule has 1 aromatic carbocycles. The molecule has 0 amide bonds. The van der Waals surface area contributed by atoms with E-state index in [0.29, 0.717) is 0 Å². The quantitative estimate of drug-likeness (QED) is 0.536. The van der Waals surface area contributed by atoms with E-state index in [1.165, 1.54) is 11.1 Å². The summed E-state index contributed by atoms with van der Waals surface area (Å²) in [6, 6.07) is 4.14. The van der Waals surface area contributed by atoms with E-state index < -0.39 is 0 Å². The Balaban J connectivity index is 2.49. The van der Waals surface area contributed by atoms with Crippen LogP contribution in [-0.2, 0) is 0 Å². The van der Waals surface area contributed by atoms with Gasteiger partial charge in [0, 0.05) is 9.90 Å². The zero-order valence-corrected chi connectivity index (χ0v) is 14.3. The molecule has 0 spiro atoms. The molecule has 0 N–H and O–H groups in total. The maximum Gasteiger partial charge on any atom is 0.0767 e. The van der Waals surface area contributed by atoms with Crippen LogP contribution in [0.3, 0.4) is 0 Å². The number of halogens is 3. The van der Waals surface area contributed by atoms with Crippen molar-refractivity contribution in [1.29, 1.82) is 0 Å². The highest BCUT2D eigenvalue weighted by atomic mass is 79.9. The lowest BCUT2D eigenvalue weighted by atomic mass is 10.0. The van der Waals surface area contributed by atoms with Crippen molar-refractivity contribution in [2.24, 2.45) is 0 Å². The Labute approximate surface area is 130 Å². The molecule has 2 rings (SSSR count). The van der Waals surface area contributed by atoms with Crippen LogP contribution in [0, 0.1) is 20.8 Å². The highest BCUT2D eigenvalue weighted by Gasteiger charge is 2.20. The summed E-state index contributed by atoms with van der Waals surface area (Å²) >= 11 is 18.0. The molecule has 96 valence electrons. The predicted molar refractivity (Wildman–Crippen MR) is 85.8 cm³/mol. The first-order chi connectivity index (χ1) is 8.41. The van der Waals surface area contributed by atoms with Gasteiger partial charge in [0.15, 0.2) is 0 Å². The van der Waals surface area contributed by atoms with E-state index in [1.807, 2.05) is 13.0 Å². The zero-order valence-electron chi connectivity index (χ0n) is 10.4. The lowest BCUT2D eigenvalue weighted by Gasteiger charge is -2.14. The van der Waals surface area contributed by atoms with Crippen LogP contribution < -0.4 is 0 Å². The smallest absolute Gasteiger partial charge is 0.0767 e. The van der Waals surface area contributed by atoms with Crippen molar-refractivity contribution >= 4 is 50.5 Å². The standard InChI is InChI=1S/C14H13BrCl2S/c1-7-4-10(11(16)5-8(7)2)12(15)14-13(17)9(3)6-18-14/h4-6,12H,1-3H3. The third-order valence-corrected chi connectivity index (χ3v) is 6.40. The minimum absolute atomic E-state index is 0.0514. The minimum atomic E-state index is 0.0514. The monoisotopic (exact) mass is 362 g/mol. The summed E-state index contributed by atoms with van der Waals surface area (Å²) in [6.07, 6.45) is 0. The summed E-state index contributed by atoms with van der Waals surface area (Å²) in [4.78, 5) is 1.16. The van der Waals surface area contributed by atoms with Gasteiger partial charge in [-0.2, -0.15) is 0 Å². The molecule has 0 fully saturated rings. The Bertz CT molecular complexity index is 590. The van der Waals surface area contributed by atoms with Crippen molar-refractivity contribution in [2.45, 2.75) is 25.6 Å². The van der Waals surface area contributed by atoms with Gasteiger partial charge in [-0.1, -0.05) is 45.2 Å². The van der Waals surface area contributed by atoms with Gasteiger partial charge < -0.3 is 0 Å². The van der Waals surface area contributed by atoms with E-state index in [9.17, 15) is 0 Å². The Morgan fingerprint density at radius 1 is 1.06 bits per heavy atom. The fourth-order valence-corrected chi connectivity index (χ4v) is 4.58. The maximum absolute atomic E-state index is 6.34. The van der Waals surface area contributed by atoms with Crippen LogP contribution in [0.25, 0.3) is 0 Å². The van der Waals surface area contributed by atoms with Crippen LogP contribution >= 0.6 is 50.5 Å². The number of hydrogen-bond donors (Lipinski definition) is 0. The van der Waals surface area contributed by atoms with Crippen LogP contribution in [0.4, 0.5) is 0 Å². The molecule has 0 aliphatic heterocycles. The normalized spacial score (nSPS) is 12.8. The van der Waals surface area contributed by atoms with Gasteiger partial charge in [-0.3, -0.25) is 0 Å². The van der Waals surface area contributed by atoms with Gasteiger partial charge in [0.2, 0.25) is 0 Å². The van der Waals surface area contributed by atoms with Crippen molar-refractivity contribution < 1.29 is 0 Å². The SMILES string of the molecule is Cc1cc(Cl)c(C(Br)c2scc(C)c2Cl)cc1C. The molecule has 1 heterocycles. The van der Waals surface area contributed by atoms with E-state index in [0.717, 1.165) is 26.0 Å². The van der Waals surface area contributed by atoms with E-state index in [2.05, 4.69) is 41.2 Å². The molecule has 0 aliphatic rings. The third-order valence-electron chi connectivity index (χ3n) is 3.04. The number of benzene rings is 1. The average Bonchev–Trinajstić information content (AvgIpc) is 2.64. The zero-order chi connectivity index (χ0) is 13.4. The fraction of sp³-hybridized carbons (Fsp3) is 0.286. The Morgan fingerprint density at radius 2 is 1.67 bits per heavy atom. The largest absolute Gasteiger partial charge is 0.145 e. The van der Waals surface area contributed by atoms with E-state index >= 15 is 0 Å². The van der Waals surface area contributed by atoms with E-state index in [-0.39, 0.29) is 4.83 Å². The molecule has 0 radical (unpaired) electrons. The maximum atomic E-state index is 6.34. The average molecular weight is 364 g/mol. The molecular weight excluding hydrogens is 351 g/mol. The topological polar surface area (TPSA) is 0 Å². The molecule has 18 heavy (non-hydrogen) atoms. The van der Waals surface area contributed by atoms with Crippen LogP contribution in [-0.4, -0.2) is 0 Å². The number of rotatable bonds is 2. The van der Waals surface area contributed by atoms with Gasteiger partial charge in [0.1, 0.15) is 0 Å². The highest BCUT2D eigenvalue weighted by molar-refractivity contribution is 9.09. The molecule has 4 heteroatoms. The van der Waals surface area contributed by atoms with Crippen molar-refractivity contribution in [1.82, 2.24) is 0 Å². The van der Waals surface area contributed by atoms with E-state index in [1.54, 1.807) is 11.3 Å². The van der Waals surface area contributed by atoms with Crippen LogP contribution in [0.5, 0.6) is 0 Å². The van der Waals surface area contributed by atoms with Crippen molar-refractivity contribution in [3.8, 4) is 0 Å². The van der Waals surface area contributed by atoms with Gasteiger partial charge in [-0.05, 0) is 54.5 Å². The lowest BCUT2D eigenvalue weighted by Crippen LogP contribution is -1.95.